The van der Waals surface area contributed by atoms with Gasteiger partial charge in [-0.25, -0.2) is 0 Å². The highest BCUT2D eigenvalue weighted by atomic mass is 28.6. The zero-order chi connectivity index (χ0) is 34.5. The third kappa shape index (κ3) is 9.43. The molecule has 6 unspecified atom stereocenters. The van der Waals surface area contributed by atoms with Crippen molar-refractivity contribution in [2.24, 2.45) is 5.41 Å². The van der Waals surface area contributed by atoms with Crippen molar-refractivity contribution in [3.8, 4) is 0 Å². The molecule has 1 N–H and O–H groups in total. The molecule has 265 valence electrons. The van der Waals surface area contributed by atoms with E-state index < -0.39 is 76.8 Å². The molecule has 0 aromatic carbocycles. The quantitative estimate of drug-likeness (QED) is 0.150. The van der Waals surface area contributed by atoms with E-state index in [0.29, 0.717) is 49.1 Å². The van der Waals surface area contributed by atoms with Crippen LogP contribution in [0.3, 0.4) is 0 Å². The van der Waals surface area contributed by atoms with Crippen molar-refractivity contribution >= 4 is 87.8 Å². The van der Waals surface area contributed by atoms with Crippen molar-refractivity contribution in [3.63, 3.8) is 0 Å². The van der Waals surface area contributed by atoms with E-state index in [1.165, 1.54) is 0 Å². The molecule has 23 heteroatoms. The number of rotatable bonds is 14. The molecule has 0 saturated carbocycles. The Hall–Kier alpha value is 0.942. The van der Waals surface area contributed by atoms with Crippen LogP contribution in [0, 0.1) is 5.41 Å². The lowest BCUT2D eigenvalue weighted by atomic mass is 9.91. The highest BCUT2D eigenvalue weighted by molar-refractivity contribution is 6.95. The van der Waals surface area contributed by atoms with E-state index in [2.05, 4.69) is 10.5 Å². The van der Waals surface area contributed by atoms with Crippen LogP contribution >= 0.6 is 0 Å². The number of hydrogen-bond acceptors (Lipinski definition) is 14. The highest BCUT2D eigenvalue weighted by Gasteiger charge is 2.70. The number of carbonyl (C=O) groups excluding carboxylic acids is 1. The average Bonchev–Trinajstić information content (AvgIpc) is 3.03. The molecular weight excluding hydrogens is 753 g/mol. The normalized spacial score (nSPS) is 38.2. The van der Waals surface area contributed by atoms with Crippen LogP contribution in [0.25, 0.3) is 0 Å². The summed E-state index contributed by atoms with van der Waals surface area (Å²) < 4.78 is 80.4. The van der Waals surface area contributed by atoms with E-state index in [4.69, 9.17) is 50.0 Å². The Morgan fingerprint density at radius 2 is 1.15 bits per heavy atom. The molecule has 6 aliphatic rings. The van der Waals surface area contributed by atoms with Crippen molar-refractivity contribution in [2.45, 2.75) is 130 Å². The first-order chi connectivity index (χ1) is 21.6. The van der Waals surface area contributed by atoms with Crippen LogP contribution in [0.4, 0.5) is 0 Å². The fourth-order valence-corrected chi connectivity index (χ4v) is 43.7. The molecule has 0 amide bonds. The lowest BCUT2D eigenvalue weighted by Gasteiger charge is -2.53. The van der Waals surface area contributed by atoms with Crippen molar-refractivity contribution in [2.75, 3.05) is 6.61 Å². The van der Waals surface area contributed by atoms with E-state index in [1.807, 2.05) is 62.3 Å². The van der Waals surface area contributed by atoms with E-state index >= 15 is 0 Å². The van der Waals surface area contributed by atoms with Crippen LogP contribution in [0.1, 0.15) is 82.1 Å². The topological polar surface area (TPSA) is 148 Å². The molecule has 46 heavy (non-hydrogen) atoms. The van der Waals surface area contributed by atoms with Gasteiger partial charge in [0.05, 0.1) is 12.0 Å². The number of hydrogen-bond donors (Lipinski definition) is 1. The third-order valence-corrected chi connectivity index (χ3v) is 39.5. The molecule has 14 nitrogen and oxygen atoms in total. The first kappa shape index (κ1) is 41.4. The molecule has 4 bridgehead atoms. The fraction of sp³-hybridized carbons (Fsp3) is 0.957. The molecule has 0 aromatic rings. The lowest BCUT2D eigenvalue weighted by Crippen LogP contribution is -2.77. The molecule has 6 atom stereocenters. The Labute approximate surface area is 288 Å². The summed E-state index contributed by atoms with van der Waals surface area (Å²) in [7, 11) is -24.0. The smallest absolute Gasteiger partial charge is 0.465 e. The lowest BCUT2D eigenvalue weighted by molar-refractivity contribution is -0.154. The van der Waals surface area contributed by atoms with Gasteiger partial charge in [0.2, 0.25) is 10.5 Å². The third-order valence-electron chi connectivity index (χ3n) is 8.16. The molecule has 6 saturated heterocycles. The van der Waals surface area contributed by atoms with Gasteiger partial charge in [0.15, 0.2) is 0 Å². The predicted molar refractivity (Wildman–Crippen MR) is 184 cm³/mol. The summed E-state index contributed by atoms with van der Waals surface area (Å²) >= 11 is 0. The summed E-state index contributed by atoms with van der Waals surface area (Å²) in [6, 6.07) is 2.72. The average molecular weight is 806 g/mol. The molecule has 6 fully saturated rings. The van der Waals surface area contributed by atoms with E-state index in [1.54, 1.807) is 6.92 Å². The van der Waals surface area contributed by atoms with Gasteiger partial charge in [0.25, 0.3) is 0 Å². The van der Waals surface area contributed by atoms with Crippen LogP contribution in [-0.4, -0.2) is 99.3 Å². The summed E-state index contributed by atoms with van der Waals surface area (Å²) in [5.41, 5.74) is -0.616. The predicted octanol–water partition coefficient (Wildman–Crippen LogP) is 4.40. The minimum atomic E-state index is -4.09. The molecule has 6 heterocycles. The second kappa shape index (κ2) is 16.5. The maximum absolute atomic E-state index is 12.8. The minimum Gasteiger partial charge on any atom is -0.465 e. The Morgan fingerprint density at radius 1 is 0.696 bits per heavy atom. The first-order valence-electron chi connectivity index (χ1n) is 16.5. The number of ether oxygens (including phenoxy) is 1. The summed E-state index contributed by atoms with van der Waals surface area (Å²) in [6.07, 6.45) is 0.976. The summed E-state index contributed by atoms with van der Waals surface area (Å²) in [5.74, 6) is -0.291. The van der Waals surface area contributed by atoms with Gasteiger partial charge in [0, 0.05) is 36.3 Å². The van der Waals surface area contributed by atoms with Crippen LogP contribution in [0.2, 0.25) is 48.4 Å². The molecule has 0 aromatic heterocycles. The Balaban J connectivity index is 2.24. The van der Waals surface area contributed by atoms with Crippen LogP contribution in [0.5, 0.6) is 0 Å². The fourth-order valence-electron chi connectivity index (χ4n) is 4.75. The van der Waals surface area contributed by atoms with Crippen LogP contribution in [-0.2, 0) is 54.8 Å². The van der Waals surface area contributed by atoms with Gasteiger partial charge < -0.3 is 54.8 Å². The van der Waals surface area contributed by atoms with Crippen LogP contribution in [0.15, 0.2) is 0 Å². The van der Waals surface area contributed by atoms with Crippen molar-refractivity contribution in [1.29, 1.82) is 0 Å². The van der Waals surface area contributed by atoms with Gasteiger partial charge in [0.1, 0.15) is 0 Å². The maximum Gasteiger partial charge on any atom is 0.483 e. The maximum atomic E-state index is 12.8. The Kier molecular flexibility index (Phi) is 14.9. The van der Waals surface area contributed by atoms with Crippen molar-refractivity contribution < 1.29 is 59.6 Å². The molecule has 0 aliphatic carbocycles. The highest BCUT2D eigenvalue weighted by Crippen LogP contribution is 2.43. The Morgan fingerprint density at radius 3 is 1.57 bits per heavy atom. The molecular formula is C23H53O14Si9. The molecule has 5 radical (unpaired) electrons. The van der Waals surface area contributed by atoms with Crippen LogP contribution < -0.4 is 0 Å². The van der Waals surface area contributed by atoms with Crippen molar-refractivity contribution in [1.82, 2.24) is 0 Å². The molecule has 6 rings (SSSR count). The SMILES string of the molecule is CC[Si]1O[Si]2(CC)O[Si](O)(CC)O[Si](CCCOC(=O)C(C)(C)CC)(O1)O[Si]1(CC)O[Si](CC)O[Si](CC)(O2)O[Si](CC)(O[Si])O1. The summed E-state index contributed by atoms with van der Waals surface area (Å²) in [6.45, 7) is 19.1. The number of esters is 1. The van der Waals surface area contributed by atoms with E-state index in [-0.39, 0.29) is 24.7 Å². The van der Waals surface area contributed by atoms with Gasteiger partial charge in [-0.2, -0.15) is 0 Å². The zero-order valence-corrected chi connectivity index (χ0v) is 38.0. The van der Waals surface area contributed by atoms with E-state index in [9.17, 15) is 9.59 Å². The molecule has 6 aliphatic heterocycles. The second-order valence-corrected chi connectivity index (χ2v) is 36.1. The first-order valence-corrected chi connectivity index (χ1v) is 31.6. The molecule has 0 spiro atoms. The second-order valence-electron chi connectivity index (χ2n) is 11.9. The largest absolute Gasteiger partial charge is 0.483 e. The van der Waals surface area contributed by atoms with Gasteiger partial charge in [-0.1, -0.05) is 55.4 Å². The van der Waals surface area contributed by atoms with Gasteiger partial charge in [-0.15, -0.1) is 0 Å². The summed E-state index contributed by atoms with van der Waals surface area (Å²) in [5, 5.41) is 0. The minimum absolute atomic E-state index is 0.104. The summed E-state index contributed by atoms with van der Waals surface area (Å²) in [4.78, 5) is 24.9. The monoisotopic (exact) mass is 805 g/mol. The van der Waals surface area contributed by atoms with Gasteiger partial charge in [-0.05, 0) is 38.8 Å². The zero-order valence-electron chi connectivity index (χ0n) is 29.0. The van der Waals surface area contributed by atoms with Gasteiger partial charge in [-0.3, -0.25) is 4.79 Å². The van der Waals surface area contributed by atoms with Crippen molar-refractivity contribution in [3.05, 3.63) is 0 Å². The van der Waals surface area contributed by atoms with Gasteiger partial charge >= 0.3 is 77.4 Å². The number of carbonyl (C=O) groups is 1. The Bertz CT molecular complexity index is 1020. The standard InChI is InChI=1S/C23H53O14Si9/c1-11-23(9,10)22(24)26-20-19-21-46-31-40(13-3)28-43(16-6,32-41(25,14-4)33-46)36-44(17-7)29-39(12-2)30-45(18-8,37-46)35-42(15-5,27-38)34-44/h25H,11-21H2,1-10H3. The van der Waals surface area contributed by atoms with E-state index in [0.717, 1.165) is 0 Å².